The van der Waals surface area contributed by atoms with Gasteiger partial charge in [-0.25, -0.2) is 0 Å². The van der Waals surface area contributed by atoms with Crippen LogP contribution in [0, 0.1) is 5.41 Å². The average molecular weight is 439 g/mol. The number of rotatable bonds is 8. The number of nitrogens with one attached hydrogen (secondary N) is 1. The summed E-state index contributed by atoms with van der Waals surface area (Å²) in [6.45, 7) is 12.8. The van der Waals surface area contributed by atoms with Crippen molar-refractivity contribution < 1.29 is 23.8 Å². The van der Waals surface area contributed by atoms with Crippen molar-refractivity contribution in [2.45, 2.75) is 27.7 Å². The quantitative estimate of drug-likeness (QED) is 0.606. The first-order valence-electron chi connectivity index (χ1n) is 10.7. The van der Waals surface area contributed by atoms with Gasteiger partial charge >= 0.3 is 0 Å². The molecule has 32 heavy (non-hydrogen) atoms. The molecule has 2 amide bonds. The van der Waals surface area contributed by atoms with Gasteiger partial charge in [0.2, 0.25) is 5.91 Å². The Bertz CT molecular complexity index is 1020. The number of benzene rings is 2. The smallest absolute Gasteiger partial charge is 0.255 e. The number of carbonyl (C=O) groups excluding carboxylic acids is 2. The molecular formula is C25H30N2O5. The Morgan fingerprint density at radius 3 is 2.56 bits per heavy atom. The highest BCUT2D eigenvalue weighted by molar-refractivity contribution is 6.06. The van der Waals surface area contributed by atoms with E-state index < -0.39 is 5.41 Å². The SMILES string of the molecule is C=CCN1C(=O)C(C)(C)COc2ccc(NC(=O)c3ccc(OCC)c(OCC)c3)cc21. The molecule has 2 aromatic rings. The van der Waals surface area contributed by atoms with Crippen molar-refractivity contribution in [1.82, 2.24) is 0 Å². The van der Waals surface area contributed by atoms with E-state index in [0.29, 0.717) is 53.9 Å². The lowest BCUT2D eigenvalue weighted by atomic mass is 9.93. The van der Waals surface area contributed by atoms with Gasteiger partial charge in [-0.05, 0) is 64.1 Å². The van der Waals surface area contributed by atoms with Crippen LogP contribution in [0.1, 0.15) is 38.1 Å². The Hall–Kier alpha value is -3.48. The Morgan fingerprint density at radius 1 is 1.16 bits per heavy atom. The molecule has 1 aliphatic heterocycles. The van der Waals surface area contributed by atoms with Crippen LogP contribution in [0.4, 0.5) is 11.4 Å². The van der Waals surface area contributed by atoms with Gasteiger partial charge in [-0.15, -0.1) is 6.58 Å². The molecule has 3 rings (SSSR count). The second kappa shape index (κ2) is 9.77. The molecule has 0 atom stereocenters. The second-order valence-corrected chi connectivity index (χ2v) is 8.04. The largest absolute Gasteiger partial charge is 0.490 e. The van der Waals surface area contributed by atoms with Crippen LogP contribution in [-0.2, 0) is 4.79 Å². The van der Waals surface area contributed by atoms with Crippen LogP contribution < -0.4 is 24.4 Å². The number of anilines is 2. The lowest BCUT2D eigenvalue weighted by Crippen LogP contribution is -2.42. The highest BCUT2D eigenvalue weighted by Gasteiger charge is 2.37. The van der Waals surface area contributed by atoms with Crippen molar-refractivity contribution >= 4 is 23.2 Å². The summed E-state index contributed by atoms with van der Waals surface area (Å²) >= 11 is 0. The molecule has 0 aliphatic carbocycles. The van der Waals surface area contributed by atoms with Gasteiger partial charge in [-0.1, -0.05) is 6.08 Å². The minimum absolute atomic E-state index is 0.0625. The minimum atomic E-state index is -0.677. The Labute approximate surface area is 189 Å². The zero-order chi connectivity index (χ0) is 23.3. The summed E-state index contributed by atoms with van der Waals surface area (Å²) in [6, 6.07) is 10.3. The van der Waals surface area contributed by atoms with Crippen molar-refractivity contribution in [3.05, 3.63) is 54.6 Å². The van der Waals surface area contributed by atoms with E-state index in [1.165, 1.54) is 0 Å². The predicted octanol–water partition coefficient (Wildman–Crippen LogP) is 4.67. The lowest BCUT2D eigenvalue weighted by Gasteiger charge is -2.27. The van der Waals surface area contributed by atoms with Crippen molar-refractivity contribution in [1.29, 1.82) is 0 Å². The van der Waals surface area contributed by atoms with E-state index in [9.17, 15) is 9.59 Å². The van der Waals surface area contributed by atoms with Gasteiger partial charge in [0.15, 0.2) is 11.5 Å². The number of ether oxygens (including phenoxy) is 3. The molecule has 0 aromatic heterocycles. The van der Waals surface area contributed by atoms with E-state index in [1.54, 1.807) is 47.4 Å². The van der Waals surface area contributed by atoms with Crippen LogP contribution in [0.5, 0.6) is 17.2 Å². The summed E-state index contributed by atoms with van der Waals surface area (Å²) in [5, 5.41) is 2.89. The van der Waals surface area contributed by atoms with Crippen molar-refractivity contribution in [2.24, 2.45) is 5.41 Å². The number of carbonyl (C=O) groups is 2. The molecule has 1 aliphatic rings. The van der Waals surface area contributed by atoms with E-state index in [4.69, 9.17) is 14.2 Å². The molecule has 0 saturated carbocycles. The van der Waals surface area contributed by atoms with Crippen LogP contribution in [0.3, 0.4) is 0 Å². The zero-order valence-corrected chi connectivity index (χ0v) is 19.1. The molecule has 0 bridgehead atoms. The Kier molecular flexibility index (Phi) is 7.08. The first-order chi connectivity index (χ1) is 15.3. The number of fused-ring (bicyclic) bond motifs is 1. The summed E-state index contributed by atoms with van der Waals surface area (Å²) in [6.07, 6.45) is 1.67. The Morgan fingerprint density at radius 2 is 1.88 bits per heavy atom. The van der Waals surface area contributed by atoms with E-state index >= 15 is 0 Å². The number of nitrogens with zero attached hydrogens (tertiary/aromatic N) is 1. The van der Waals surface area contributed by atoms with Gasteiger partial charge in [0.25, 0.3) is 5.91 Å². The highest BCUT2D eigenvalue weighted by atomic mass is 16.5. The molecule has 0 unspecified atom stereocenters. The summed E-state index contributed by atoms with van der Waals surface area (Å²) < 4.78 is 17.1. The summed E-state index contributed by atoms with van der Waals surface area (Å²) in [7, 11) is 0. The fourth-order valence-corrected chi connectivity index (χ4v) is 3.43. The molecular weight excluding hydrogens is 408 g/mol. The molecule has 1 heterocycles. The van der Waals surface area contributed by atoms with Gasteiger partial charge in [0.05, 0.1) is 24.3 Å². The zero-order valence-electron chi connectivity index (χ0n) is 19.1. The fourth-order valence-electron chi connectivity index (χ4n) is 3.43. The molecule has 7 heteroatoms. The minimum Gasteiger partial charge on any atom is -0.490 e. The number of hydrogen-bond acceptors (Lipinski definition) is 5. The standard InChI is InChI=1S/C25H30N2O5/c1-6-13-27-19-15-18(10-12-20(19)32-16-25(4,5)24(27)29)26-23(28)17-9-11-21(30-7-2)22(14-17)31-8-3/h6,9-12,14-15H,1,7-8,13,16H2,2-5H3,(H,26,28). The molecule has 0 spiro atoms. The fraction of sp³-hybridized carbons (Fsp3) is 0.360. The van der Waals surface area contributed by atoms with E-state index in [-0.39, 0.29) is 18.4 Å². The number of hydrogen-bond donors (Lipinski definition) is 1. The van der Waals surface area contributed by atoms with Crippen LogP contribution in [0.2, 0.25) is 0 Å². The first kappa shape index (κ1) is 23.2. The third-order valence-electron chi connectivity index (χ3n) is 5.04. The summed E-state index contributed by atoms with van der Waals surface area (Å²) in [5.74, 6) is 1.33. The maximum Gasteiger partial charge on any atom is 0.255 e. The maximum atomic E-state index is 13.0. The molecule has 7 nitrogen and oxygen atoms in total. The predicted molar refractivity (Wildman–Crippen MR) is 125 cm³/mol. The highest BCUT2D eigenvalue weighted by Crippen LogP contribution is 2.38. The summed E-state index contributed by atoms with van der Waals surface area (Å²) in [5.41, 5.74) is 0.901. The van der Waals surface area contributed by atoms with Gasteiger partial charge in [0, 0.05) is 17.8 Å². The molecule has 1 N–H and O–H groups in total. The maximum absolute atomic E-state index is 13.0. The Balaban J connectivity index is 1.89. The van der Waals surface area contributed by atoms with E-state index in [1.807, 2.05) is 27.7 Å². The monoisotopic (exact) mass is 438 g/mol. The van der Waals surface area contributed by atoms with Crippen LogP contribution in [-0.4, -0.2) is 38.2 Å². The number of amides is 2. The normalized spacial score (nSPS) is 14.6. The molecule has 0 fully saturated rings. The van der Waals surface area contributed by atoms with Crippen LogP contribution in [0.15, 0.2) is 49.1 Å². The summed E-state index contributed by atoms with van der Waals surface area (Å²) in [4.78, 5) is 27.6. The average Bonchev–Trinajstić information content (AvgIpc) is 2.85. The molecule has 0 radical (unpaired) electrons. The van der Waals surface area contributed by atoms with Gasteiger partial charge in [-0.3, -0.25) is 9.59 Å². The topological polar surface area (TPSA) is 77.1 Å². The molecule has 2 aromatic carbocycles. The van der Waals surface area contributed by atoms with E-state index in [0.717, 1.165) is 0 Å². The van der Waals surface area contributed by atoms with Gasteiger partial charge < -0.3 is 24.4 Å². The first-order valence-corrected chi connectivity index (χ1v) is 10.7. The van der Waals surface area contributed by atoms with Gasteiger partial charge in [0.1, 0.15) is 12.4 Å². The van der Waals surface area contributed by atoms with Crippen molar-refractivity contribution in [3.8, 4) is 17.2 Å². The lowest BCUT2D eigenvalue weighted by molar-refractivity contribution is -0.127. The second-order valence-electron chi connectivity index (χ2n) is 8.04. The van der Waals surface area contributed by atoms with Crippen molar-refractivity contribution in [2.75, 3.05) is 36.6 Å². The van der Waals surface area contributed by atoms with E-state index in [2.05, 4.69) is 11.9 Å². The van der Waals surface area contributed by atoms with Crippen molar-refractivity contribution in [3.63, 3.8) is 0 Å². The third-order valence-corrected chi connectivity index (χ3v) is 5.04. The van der Waals surface area contributed by atoms with Crippen LogP contribution >= 0.6 is 0 Å². The molecule has 0 saturated heterocycles. The third kappa shape index (κ3) is 4.88. The van der Waals surface area contributed by atoms with Crippen LogP contribution in [0.25, 0.3) is 0 Å². The van der Waals surface area contributed by atoms with Gasteiger partial charge in [-0.2, -0.15) is 0 Å². The molecule has 170 valence electrons.